The van der Waals surface area contributed by atoms with Crippen LogP contribution in [0.5, 0.6) is 0 Å². The van der Waals surface area contributed by atoms with E-state index in [9.17, 15) is 4.79 Å². The Balaban J connectivity index is 1.74. The van der Waals surface area contributed by atoms with Crippen molar-refractivity contribution >= 4 is 34.7 Å². The average Bonchev–Trinajstić information content (AvgIpc) is 2.76. The van der Waals surface area contributed by atoms with Crippen molar-refractivity contribution in [1.29, 1.82) is 0 Å². The molecule has 1 aliphatic heterocycles. The van der Waals surface area contributed by atoms with Crippen LogP contribution in [0.4, 0.5) is 0 Å². The smallest absolute Gasteiger partial charge is 0.258 e. The van der Waals surface area contributed by atoms with Crippen molar-refractivity contribution < 1.29 is 9.32 Å². The molecule has 0 bridgehead atoms. The maximum atomic E-state index is 12.4. The van der Waals surface area contributed by atoms with E-state index in [1.165, 1.54) is 5.57 Å². The summed E-state index contributed by atoms with van der Waals surface area (Å²) in [6.07, 6.45) is 6.25. The van der Waals surface area contributed by atoms with Crippen LogP contribution in [0, 0.1) is 5.92 Å². The number of carbonyl (C=O) groups excluding carboxylic acids is 1. The van der Waals surface area contributed by atoms with Crippen molar-refractivity contribution in [3.05, 3.63) is 42.2 Å². The van der Waals surface area contributed by atoms with Gasteiger partial charge in [0.1, 0.15) is 0 Å². The first-order valence-corrected chi connectivity index (χ1v) is 11.9. The van der Waals surface area contributed by atoms with Gasteiger partial charge in [-0.3, -0.25) is 14.9 Å². The molecule has 1 aromatic rings. The molecule has 4 atom stereocenters. The Morgan fingerprint density at radius 3 is 3.09 bits per heavy atom. The van der Waals surface area contributed by atoms with Gasteiger partial charge < -0.3 is 4.52 Å². The number of hydrogen-bond donors (Lipinski definition) is 1. The molecule has 2 aliphatic rings. The number of hydrogen-bond acceptors (Lipinski definition) is 5. The molecular formula is C16H21N2O2PS2. The summed E-state index contributed by atoms with van der Waals surface area (Å²) in [5, 5.41) is 3.28. The van der Waals surface area contributed by atoms with E-state index in [1.54, 1.807) is 35.9 Å². The number of allylic oxidation sites excluding steroid dienone is 1. The van der Waals surface area contributed by atoms with Gasteiger partial charge in [-0.25, -0.2) is 0 Å². The molecule has 7 heteroatoms. The minimum atomic E-state index is -2.43. The van der Waals surface area contributed by atoms with Crippen LogP contribution in [0.3, 0.4) is 0 Å². The third kappa shape index (κ3) is 3.55. The minimum absolute atomic E-state index is 0.201. The largest absolute Gasteiger partial charge is 0.319 e. The number of aromatic nitrogens is 1. The predicted octanol–water partition coefficient (Wildman–Crippen LogP) is 4.30. The Labute approximate surface area is 146 Å². The number of carbonyl (C=O) groups is 1. The zero-order chi connectivity index (χ0) is 16.7. The van der Waals surface area contributed by atoms with E-state index in [4.69, 9.17) is 16.3 Å². The van der Waals surface area contributed by atoms with Crippen LogP contribution in [0.2, 0.25) is 0 Å². The van der Waals surface area contributed by atoms with E-state index in [0.29, 0.717) is 16.7 Å². The summed E-state index contributed by atoms with van der Waals surface area (Å²) in [5.74, 6) is 0.326. The highest BCUT2D eigenvalue weighted by Gasteiger charge is 2.52. The molecule has 1 N–H and O–H groups in total. The van der Waals surface area contributed by atoms with Crippen molar-refractivity contribution in [2.24, 2.45) is 5.92 Å². The Hall–Kier alpha value is -0.680. The van der Waals surface area contributed by atoms with Gasteiger partial charge in [-0.15, -0.1) is 0 Å². The maximum absolute atomic E-state index is 12.4. The Bertz CT molecular complexity index is 682. The monoisotopic (exact) mass is 368 g/mol. The highest BCUT2D eigenvalue weighted by Crippen LogP contribution is 2.71. The van der Waals surface area contributed by atoms with Gasteiger partial charge >= 0.3 is 0 Å². The van der Waals surface area contributed by atoms with Crippen LogP contribution in [0.1, 0.15) is 43.5 Å². The molecule has 4 nitrogen and oxygen atoms in total. The van der Waals surface area contributed by atoms with E-state index in [1.807, 2.05) is 0 Å². The quantitative estimate of drug-likeness (QED) is 0.637. The highest BCUT2D eigenvalue weighted by atomic mass is 32.9. The van der Waals surface area contributed by atoms with Crippen LogP contribution >= 0.6 is 17.0 Å². The van der Waals surface area contributed by atoms with Crippen molar-refractivity contribution in [2.45, 2.75) is 44.0 Å². The first kappa shape index (κ1) is 17.2. The van der Waals surface area contributed by atoms with Crippen LogP contribution in [-0.4, -0.2) is 21.7 Å². The summed E-state index contributed by atoms with van der Waals surface area (Å²) in [7, 11) is 0. The number of fused-ring (bicyclic) bond motifs is 1. The summed E-state index contributed by atoms with van der Waals surface area (Å²) >= 11 is 7.36. The van der Waals surface area contributed by atoms with Crippen LogP contribution < -0.4 is 5.09 Å². The van der Waals surface area contributed by atoms with Gasteiger partial charge in [0.2, 0.25) is 5.62 Å². The standard InChI is InChI=1S/C16H21N2O2PS2/c1-11(2)12-6-7-16(3)14(9-12)23-21(22,20-16)18-15(19)13-5-4-8-17-10-13/h4-5,8,10,12,14H,1,6-7,9H2,2-3H3,(H,18,19,22)/t12?,14-,16-,21?/m1/s1. The molecule has 3 rings (SSSR count). The molecule has 0 spiro atoms. The lowest BCUT2D eigenvalue weighted by Crippen LogP contribution is -2.40. The number of nitrogens with one attached hydrogen (secondary N) is 1. The molecular weight excluding hydrogens is 347 g/mol. The molecule has 1 aromatic heterocycles. The summed E-state index contributed by atoms with van der Waals surface area (Å²) < 4.78 is 6.27. The van der Waals surface area contributed by atoms with Gasteiger partial charge in [0, 0.05) is 17.6 Å². The predicted molar refractivity (Wildman–Crippen MR) is 99.0 cm³/mol. The van der Waals surface area contributed by atoms with E-state index >= 15 is 0 Å². The summed E-state index contributed by atoms with van der Waals surface area (Å²) in [6, 6.07) is 3.47. The lowest BCUT2D eigenvalue weighted by molar-refractivity contribution is 0.0650. The Kier molecular flexibility index (Phi) is 4.71. The number of rotatable bonds is 3. The van der Waals surface area contributed by atoms with Crippen molar-refractivity contribution in [1.82, 2.24) is 10.1 Å². The molecule has 1 saturated carbocycles. The zero-order valence-electron chi connectivity index (χ0n) is 13.3. The summed E-state index contributed by atoms with van der Waals surface area (Å²) in [5.41, 5.74) is -0.924. The van der Waals surface area contributed by atoms with Crippen molar-refractivity contribution in [2.75, 3.05) is 0 Å². The van der Waals surface area contributed by atoms with Gasteiger partial charge in [0.05, 0.1) is 11.2 Å². The minimum Gasteiger partial charge on any atom is -0.319 e. The van der Waals surface area contributed by atoms with Gasteiger partial charge in [-0.05, 0) is 63.0 Å². The van der Waals surface area contributed by atoms with Crippen molar-refractivity contribution in [3.63, 3.8) is 0 Å². The maximum Gasteiger partial charge on any atom is 0.258 e. The number of amides is 1. The van der Waals surface area contributed by atoms with Gasteiger partial charge in [0.25, 0.3) is 5.91 Å². The average molecular weight is 368 g/mol. The second kappa shape index (κ2) is 6.32. The second-order valence-electron chi connectivity index (χ2n) is 6.50. The molecule has 1 saturated heterocycles. The Morgan fingerprint density at radius 2 is 2.43 bits per heavy atom. The lowest BCUT2D eigenvalue weighted by Gasteiger charge is -2.37. The van der Waals surface area contributed by atoms with Gasteiger partial charge in [-0.2, -0.15) is 0 Å². The third-order valence-corrected chi connectivity index (χ3v) is 10.3. The van der Waals surface area contributed by atoms with Crippen LogP contribution in [0.25, 0.3) is 0 Å². The van der Waals surface area contributed by atoms with Crippen LogP contribution in [-0.2, 0) is 16.3 Å². The molecule has 0 aromatic carbocycles. The molecule has 2 fully saturated rings. The highest BCUT2D eigenvalue weighted by molar-refractivity contribution is 8.69. The second-order valence-corrected chi connectivity index (χ2v) is 13.1. The normalized spacial score (nSPS) is 36.3. The lowest BCUT2D eigenvalue weighted by atomic mass is 9.77. The zero-order valence-corrected chi connectivity index (χ0v) is 15.8. The Morgan fingerprint density at radius 1 is 1.65 bits per heavy atom. The first-order valence-electron chi connectivity index (χ1n) is 7.68. The molecule has 2 heterocycles. The number of nitrogens with zero attached hydrogens (tertiary/aromatic N) is 1. The van der Waals surface area contributed by atoms with E-state index < -0.39 is 5.62 Å². The van der Waals surface area contributed by atoms with Gasteiger partial charge in [0.15, 0.2) is 0 Å². The molecule has 2 unspecified atom stereocenters. The van der Waals surface area contributed by atoms with E-state index in [0.717, 1.165) is 19.3 Å². The molecule has 0 radical (unpaired) electrons. The molecule has 23 heavy (non-hydrogen) atoms. The fraction of sp³-hybridized carbons (Fsp3) is 0.500. The van der Waals surface area contributed by atoms with Crippen LogP contribution in [0.15, 0.2) is 36.7 Å². The van der Waals surface area contributed by atoms with Crippen molar-refractivity contribution in [3.8, 4) is 0 Å². The van der Waals surface area contributed by atoms with E-state index in [2.05, 4.69) is 30.5 Å². The number of pyridine rings is 1. The topological polar surface area (TPSA) is 51.2 Å². The molecule has 1 amide bonds. The fourth-order valence-electron chi connectivity index (χ4n) is 3.15. The van der Waals surface area contributed by atoms with Gasteiger partial charge in [-0.1, -0.05) is 23.5 Å². The third-order valence-electron chi connectivity index (χ3n) is 4.62. The summed E-state index contributed by atoms with van der Waals surface area (Å²) in [4.78, 5) is 16.4. The summed E-state index contributed by atoms with van der Waals surface area (Å²) in [6.45, 7) is 8.32. The molecule has 1 aliphatic carbocycles. The SMILES string of the molecule is C=C(C)C1CC[C@@]2(C)OP(=S)(NC(=O)c3cccnc3)S[C@@H]2C1. The molecule has 124 valence electrons. The first-order chi connectivity index (χ1) is 10.8. The fourth-order valence-corrected chi connectivity index (χ4v) is 10.2. The van der Waals surface area contributed by atoms with E-state index in [-0.39, 0.29) is 11.5 Å².